The molecule has 19 heavy (non-hydrogen) atoms. The summed E-state index contributed by atoms with van der Waals surface area (Å²) in [6, 6.07) is 0.989. The highest BCUT2D eigenvalue weighted by Crippen LogP contribution is 2.31. The fourth-order valence-electron chi connectivity index (χ4n) is 1.60. The van der Waals surface area contributed by atoms with Gasteiger partial charge in [-0.25, -0.2) is 9.37 Å². The molecule has 2 aromatic rings. The SMILES string of the molecule is CC(Nc1cc(F)cc(F)c1[N+](=O)[O-])c1nccs1. The summed E-state index contributed by atoms with van der Waals surface area (Å²) in [7, 11) is 0. The predicted molar refractivity (Wildman–Crippen MR) is 67.2 cm³/mol. The zero-order valence-corrected chi connectivity index (χ0v) is 10.6. The molecule has 0 saturated heterocycles. The topological polar surface area (TPSA) is 68.1 Å². The fraction of sp³-hybridized carbons (Fsp3) is 0.182. The average molecular weight is 285 g/mol. The summed E-state index contributed by atoms with van der Waals surface area (Å²) < 4.78 is 26.6. The first-order valence-corrected chi connectivity index (χ1v) is 6.16. The quantitative estimate of drug-likeness (QED) is 0.689. The van der Waals surface area contributed by atoms with Crippen molar-refractivity contribution in [2.45, 2.75) is 13.0 Å². The van der Waals surface area contributed by atoms with Gasteiger partial charge in [-0.3, -0.25) is 10.1 Å². The molecule has 0 aliphatic heterocycles. The lowest BCUT2D eigenvalue weighted by molar-refractivity contribution is -0.386. The summed E-state index contributed by atoms with van der Waals surface area (Å²) in [4.78, 5) is 14.0. The summed E-state index contributed by atoms with van der Waals surface area (Å²) in [6.45, 7) is 1.70. The van der Waals surface area contributed by atoms with Crippen molar-refractivity contribution in [3.63, 3.8) is 0 Å². The summed E-state index contributed by atoms with van der Waals surface area (Å²) in [5.41, 5.74) is -0.977. The minimum atomic E-state index is -1.21. The summed E-state index contributed by atoms with van der Waals surface area (Å²) in [5.74, 6) is -2.09. The molecule has 1 unspecified atom stereocenters. The average Bonchev–Trinajstić information content (AvgIpc) is 2.80. The molecule has 0 bridgehead atoms. The van der Waals surface area contributed by atoms with Crippen LogP contribution in [0.3, 0.4) is 0 Å². The van der Waals surface area contributed by atoms with Gasteiger partial charge in [0.2, 0.25) is 5.82 Å². The standard InChI is InChI=1S/C11H9F2N3O2S/c1-6(11-14-2-3-19-11)15-9-5-7(12)4-8(13)10(9)16(17)18/h2-6,15H,1H3. The molecule has 0 aliphatic rings. The Bertz CT molecular complexity index is 604. The van der Waals surface area contributed by atoms with Crippen LogP contribution in [0.25, 0.3) is 0 Å². The largest absolute Gasteiger partial charge is 0.370 e. The molecule has 1 N–H and O–H groups in total. The molecule has 0 fully saturated rings. The third-order valence-electron chi connectivity index (χ3n) is 2.40. The van der Waals surface area contributed by atoms with E-state index in [4.69, 9.17) is 0 Å². The minimum absolute atomic E-state index is 0.204. The molecule has 1 aromatic heterocycles. The van der Waals surface area contributed by atoms with E-state index in [1.807, 2.05) is 0 Å². The van der Waals surface area contributed by atoms with E-state index in [0.717, 1.165) is 6.07 Å². The Hall–Kier alpha value is -2.09. The van der Waals surface area contributed by atoms with Crippen LogP contribution >= 0.6 is 11.3 Å². The third-order valence-corrected chi connectivity index (χ3v) is 3.36. The van der Waals surface area contributed by atoms with Gasteiger partial charge in [0.05, 0.1) is 11.0 Å². The van der Waals surface area contributed by atoms with Crippen molar-refractivity contribution in [1.29, 1.82) is 0 Å². The highest BCUT2D eigenvalue weighted by atomic mass is 32.1. The summed E-state index contributed by atoms with van der Waals surface area (Å²) >= 11 is 1.34. The Labute approximate surface area is 111 Å². The lowest BCUT2D eigenvalue weighted by atomic mass is 10.2. The van der Waals surface area contributed by atoms with Crippen molar-refractivity contribution in [2.75, 3.05) is 5.32 Å². The number of nitro groups is 1. The van der Waals surface area contributed by atoms with E-state index in [1.165, 1.54) is 11.3 Å². The molecule has 100 valence electrons. The van der Waals surface area contributed by atoms with Crippen LogP contribution in [0.1, 0.15) is 18.0 Å². The van der Waals surface area contributed by atoms with Crippen LogP contribution in [-0.2, 0) is 0 Å². The molecule has 1 heterocycles. The molecular formula is C11H9F2N3O2S. The molecule has 5 nitrogen and oxygen atoms in total. The minimum Gasteiger partial charge on any atom is -0.370 e. The molecule has 0 aliphatic carbocycles. The van der Waals surface area contributed by atoms with Crippen molar-refractivity contribution < 1.29 is 13.7 Å². The maximum absolute atomic E-state index is 13.4. The Kier molecular flexibility index (Phi) is 3.70. The van der Waals surface area contributed by atoms with E-state index in [0.29, 0.717) is 11.1 Å². The normalized spacial score (nSPS) is 12.2. The van der Waals surface area contributed by atoms with E-state index in [-0.39, 0.29) is 11.7 Å². The molecule has 1 aromatic carbocycles. The second-order valence-corrected chi connectivity index (χ2v) is 4.70. The van der Waals surface area contributed by atoms with Crippen molar-refractivity contribution >= 4 is 22.7 Å². The number of hydrogen-bond donors (Lipinski definition) is 1. The van der Waals surface area contributed by atoms with Gasteiger partial charge in [0, 0.05) is 23.7 Å². The number of nitrogens with one attached hydrogen (secondary N) is 1. The fourth-order valence-corrected chi connectivity index (χ4v) is 2.25. The van der Waals surface area contributed by atoms with E-state index in [1.54, 1.807) is 18.5 Å². The van der Waals surface area contributed by atoms with Gasteiger partial charge in [-0.2, -0.15) is 4.39 Å². The van der Waals surface area contributed by atoms with Crippen LogP contribution in [0.4, 0.5) is 20.2 Å². The van der Waals surface area contributed by atoms with Gasteiger partial charge >= 0.3 is 5.69 Å². The van der Waals surface area contributed by atoms with Crippen LogP contribution in [0.15, 0.2) is 23.7 Å². The van der Waals surface area contributed by atoms with Gasteiger partial charge in [0.25, 0.3) is 0 Å². The molecule has 1 atom stereocenters. The van der Waals surface area contributed by atoms with Gasteiger partial charge in [-0.05, 0) is 6.92 Å². The molecule has 0 radical (unpaired) electrons. The summed E-state index contributed by atoms with van der Waals surface area (Å²) in [6.07, 6.45) is 1.58. The lowest BCUT2D eigenvalue weighted by Gasteiger charge is -2.13. The zero-order valence-electron chi connectivity index (χ0n) is 9.76. The van der Waals surface area contributed by atoms with E-state index >= 15 is 0 Å². The van der Waals surface area contributed by atoms with Gasteiger partial charge in [-0.15, -0.1) is 11.3 Å². The Morgan fingerprint density at radius 3 is 2.79 bits per heavy atom. The molecule has 0 spiro atoms. The lowest BCUT2D eigenvalue weighted by Crippen LogP contribution is -2.09. The van der Waals surface area contributed by atoms with Crippen molar-refractivity contribution in [3.8, 4) is 0 Å². The second kappa shape index (κ2) is 5.27. The first kappa shape index (κ1) is 13.3. The highest BCUT2D eigenvalue weighted by Gasteiger charge is 2.23. The zero-order chi connectivity index (χ0) is 14.0. The molecule has 0 amide bonds. The van der Waals surface area contributed by atoms with Crippen LogP contribution < -0.4 is 5.32 Å². The number of benzene rings is 1. The van der Waals surface area contributed by atoms with Crippen molar-refractivity contribution in [1.82, 2.24) is 4.98 Å². The first-order valence-electron chi connectivity index (χ1n) is 5.28. The summed E-state index contributed by atoms with van der Waals surface area (Å²) in [5, 5.41) is 15.9. The van der Waals surface area contributed by atoms with Gasteiger partial charge in [0.15, 0.2) is 0 Å². The number of aromatic nitrogens is 1. The second-order valence-electron chi connectivity index (χ2n) is 3.78. The van der Waals surface area contributed by atoms with Crippen LogP contribution in [0, 0.1) is 21.7 Å². The maximum Gasteiger partial charge on any atom is 0.327 e. The van der Waals surface area contributed by atoms with E-state index < -0.39 is 22.2 Å². The number of anilines is 1. The van der Waals surface area contributed by atoms with Crippen LogP contribution in [-0.4, -0.2) is 9.91 Å². The monoisotopic (exact) mass is 285 g/mol. The Morgan fingerprint density at radius 1 is 1.47 bits per heavy atom. The molecule has 0 saturated carbocycles. The molecule has 2 rings (SSSR count). The maximum atomic E-state index is 13.4. The number of rotatable bonds is 4. The number of nitro benzene ring substituents is 1. The van der Waals surface area contributed by atoms with Gasteiger partial charge in [-0.1, -0.05) is 0 Å². The third kappa shape index (κ3) is 2.84. The van der Waals surface area contributed by atoms with E-state index in [2.05, 4.69) is 10.3 Å². The van der Waals surface area contributed by atoms with Gasteiger partial charge < -0.3 is 5.32 Å². The number of halogens is 2. The van der Waals surface area contributed by atoms with Gasteiger partial charge in [0.1, 0.15) is 16.5 Å². The van der Waals surface area contributed by atoms with Crippen LogP contribution in [0.2, 0.25) is 0 Å². The van der Waals surface area contributed by atoms with Crippen molar-refractivity contribution in [3.05, 3.63) is 50.5 Å². The highest BCUT2D eigenvalue weighted by molar-refractivity contribution is 7.09. The molecule has 8 heteroatoms. The molecular weight excluding hydrogens is 276 g/mol. The number of nitrogens with zero attached hydrogens (tertiary/aromatic N) is 2. The van der Waals surface area contributed by atoms with Crippen molar-refractivity contribution in [2.24, 2.45) is 0 Å². The number of thiazole rings is 1. The predicted octanol–water partition coefficient (Wildman–Crippen LogP) is 3.50. The Morgan fingerprint density at radius 2 is 2.21 bits per heavy atom. The Balaban J connectivity index is 2.36. The first-order chi connectivity index (χ1) is 8.99. The smallest absolute Gasteiger partial charge is 0.327 e. The van der Waals surface area contributed by atoms with Crippen LogP contribution in [0.5, 0.6) is 0 Å². The number of hydrogen-bond acceptors (Lipinski definition) is 5. The van der Waals surface area contributed by atoms with E-state index in [9.17, 15) is 18.9 Å².